The van der Waals surface area contributed by atoms with Gasteiger partial charge in [-0.25, -0.2) is 9.78 Å². The molecule has 0 spiro atoms. The topological polar surface area (TPSA) is 68.3 Å². The van der Waals surface area contributed by atoms with Crippen molar-refractivity contribution in [3.8, 4) is 11.3 Å². The van der Waals surface area contributed by atoms with E-state index in [2.05, 4.69) is 24.4 Å². The van der Waals surface area contributed by atoms with E-state index in [-0.39, 0.29) is 18.0 Å². The van der Waals surface area contributed by atoms with Crippen LogP contribution in [0.3, 0.4) is 0 Å². The Bertz CT molecular complexity index is 1450. The van der Waals surface area contributed by atoms with Gasteiger partial charge < -0.3 is 10.1 Å². The van der Waals surface area contributed by atoms with Gasteiger partial charge in [-0.05, 0) is 69.2 Å². The molecule has 2 aromatic carbocycles. The minimum Gasteiger partial charge on any atom is -0.459 e. The van der Waals surface area contributed by atoms with Crippen molar-refractivity contribution >= 4 is 39.1 Å². The number of nitrogens with zero attached hydrogens (tertiary/aromatic N) is 1. The van der Waals surface area contributed by atoms with Crippen LogP contribution in [0.4, 0.5) is 5.00 Å². The fourth-order valence-corrected chi connectivity index (χ4v) is 6.18. The third kappa shape index (κ3) is 5.30. The number of fused-ring (bicyclic) bond motifs is 2. The molecule has 4 aromatic rings. The maximum atomic E-state index is 13.8. The fraction of sp³-hybridized carbons (Fsp3) is 0.323. The average molecular weight is 513 g/mol. The molecule has 0 fully saturated rings. The summed E-state index contributed by atoms with van der Waals surface area (Å²) in [5.41, 5.74) is 5.81. The Balaban J connectivity index is 1.56. The SMILES string of the molecule is CCc1ccc(-c2cc(C(=O)Nc3sc4c(c3C(=O)OC(C)C)CCCCC4)c3ccccc3n2)cc1. The van der Waals surface area contributed by atoms with Gasteiger partial charge in [0.25, 0.3) is 5.91 Å². The van der Waals surface area contributed by atoms with E-state index in [0.29, 0.717) is 16.1 Å². The van der Waals surface area contributed by atoms with E-state index in [1.165, 1.54) is 21.8 Å². The molecule has 2 heterocycles. The Labute approximate surface area is 221 Å². The summed E-state index contributed by atoms with van der Waals surface area (Å²) in [5.74, 6) is -0.610. The predicted molar refractivity (Wildman–Crippen MR) is 151 cm³/mol. The van der Waals surface area contributed by atoms with E-state index in [4.69, 9.17) is 9.72 Å². The third-order valence-electron chi connectivity index (χ3n) is 6.81. The average Bonchev–Trinajstić information content (AvgIpc) is 3.07. The van der Waals surface area contributed by atoms with Gasteiger partial charge in [0.05, 0.1) is 28.4 Å². The van der Waals surface area contributed by atoms with E-state index in [9.17, 15) is 9.59 Å². The minimum absolute atomic E-state index is 0.233. The molecule has 1 aliphatic rings. The standard InChI is InChI=1S/C31H32N2O3S/c1-4-20-14-16-21(17-15-20)26-18-24(22-10-8-9-12-25(22)32-26)29(34)33-30-28(31(35)36-19(2)3)23-11-6-5-7-13-27(23)37-30/h8-10,12,14-19H,4-7,11,13H2,1-3H3,(H,33,34). The van der Waals surface area contributed by atoms with Crippen molar-refractivity contribution in [2.75, 3.05) is 5.32 Å². The highest BCUT2D eigenvalue weighted by Crippen LogP contribution is 2.39. The second-order valence-corrected chi connectivity index (χ2v) is 10.9. The van der Waals surface area contributed by atoms with Crippen molar-refractivity contribution in [3.63, 3.8) is 0 Å². The van der Waals surface area contributed by atoms with Gasteiger partial charge in [0, 0.05) is 15.8 Å². The highest BCUT2D eigenvalue weighted by atomic mass is 32.1. The molecule has 5 rings (SSSR count). The molecule has 6 heteroatoms. The van der Waals surface area contributed by atoms with Crippen molar-refractivity contribution in [2.45, 2.75) is 65.4 Å². The summed E-state index contributed by atoms with van der Waals surface area (Å²) >= 11 is 1.52. The Morgan fingerprint density at radius 2 is 1.78 bits per heavy atom. The van der Waals surface area contributed by atoms with Crippen molar-refractivity contribution in [3.05, 3.63) is 81.7 Å². The van der Waals surface area contributed by atoms with Gasteiger partial charge in [0.2, 0.25) is 0 Å². The summed E-state index contributed by atoms with van der Waals surface area (Å²) in [4.78, 5) is 33.0. The van der Waals surface area contributed by atoms with Crippen molar-refractivity contribution in [1.29, 1.82) is 0 Å². The van der Waals surface area contributed by atoms with Crippen LogP contribution in [-0.2, 0) is 24.0 Å². The second-order valence-electron chi connectivity index (χ2n) is 9.80. The van der Waals surface area contributed by atoms with Crippen LogP contribution in [0.1, 0.15) is 76.8 Å². The van der Waals surface area contributed by atoms with Crippen LogP contribution >= 0.6 is 11.3 Å². The lowest BCUT2D eigenvalue weighted by atomic mass is 10.0. The Kier molecular flexibility index (Phi) is 7.38. The molecule has 0 radical (unpaired) electrons. The van der Waals surface area contributed by atoms with Crippen molar-refractivity contribution < 1.29 is 14.3 Å². The Morgan fingerprint density at radius 1 is 1.03 bits per heavy atom. The number of hydrogen-bond donors (Lipinski definition) is 1. The molecule has 1 amide bonds. The second kappa shape index (κ2) is 10.9. The van der Waals surface area contributed by atoms with Gasteiger partial charge in [-0.2, -0.15) is 0 Å². The predicted octanol–water partition coefficient (Wildman–Crippen LogP) is 7.61. The normalized spacial score (nSPS) is 13.3. The molecule has 0 saturated carbocycles. The lowest BCUT2D eigenvalue weighted by Crippen LogP contribution is -2.18. The number of hydrogen-bond acceptors (Lipinski definition) is 5. The molecular weight excluding hydrogens is 480 g/mol. The lowest BCUT2D eigenvalue weighted by molar-refractivity contribution is 0.0378. The van der Waals surface area contributed by atoms with Gasteiger partial charge in [0.1, 0.15) is 5.00 Å². The maximum Gasteiger partial charge on any atom is 0.341 e. The number of thiophene rings is 1. The number of amides is 1. The highest BCUT2D eigenvalue weighted by molar-refractivity contribution is 7.17. The summed E-state index contributed by atoms with van der Waals surface area (Å²) in [7, 11) is 0. The maximum absolute atomic E-state index is 13.8. The van der Waals surface area contributed by atoms with Crippen LogP contribution in [0.5, 0.6) is 0 Å². The molecule has 5 nitrogen and oxygen atoms in total. The zero-order valence-corrected chi connectivity index (χ0v) is 22.4. The van der Waals surface area contributed by atoms with Crippen LogP contribution in [-0.4, -0.2) is 23.0 Å². The molecule has 190 valence electrons. The number of ether oxygens (including phenoxy) is 1. The third-order valence-corrected chi connectivity index (χ3v) is 8.02. The first-order valence-electron chi connectivity index (χ1n) is 13.1. The highest BCUT2D eigenvalue weighted by Gasteiger charge is 2.28. The van der Waals surface area contributed by atoms with Gasteiger partial charge in [-0.3, -0.25) is 4.79 Å². The fourth-order valence-electron chi connectivity index (χ4n) is 4.91. The van der Waals surface area contributed by atoms with E-state index >= 15 is 0 Å². The Morgan fingerprint density at radius 3 is 2.54 bits per heavy atom. The van der Waals surface area contributed by atoms with Gasteiger partial charge in [-0.15, -0.1) is 11.3 Å². The van der Waals surface area contributed by atoms with Crippen LogP contribution in [0.2, 0.25) is 0 Å². The van der Waals surface area contributed by atoms with E-state index in [1.54, 1.807) is 0 Å². The molecular formula is C31H32N2O3S. The first kappa shape index (κ1) is 25.2. The number of aryl methyl sites for hydroxylation is 2. The number of nitrogens with one attached hydrogen (secondary N) is 1. The monoisotopic (exact) mass is 512 g/mol. The van der Waals surface area contributed by atoms with E-state index in [0.717, 1.165) is 66.2 Å². The van der Waals surface area contributed by atoms with E-state index < -0.39 is 0 Å². The molecule has 1 aliphatic carbocycles. The number of para-hydroxylation sites is 1. The first-order valence-corrected chi connectivity index (χ1v) is 13.9. The van der Waals surface area contributed by atoms with Crippen LogP contribution < -0.4 is 5.32 Å². The number of carbonyl (C=O) groups is 2. The summed E-state index contributed by atoms with van der Waals surface area (Å²) in [6, 6.07) is 17.8. The molecule has 2 aromatic heterocycles. The summed E-state index contributed by atoms with van der Waals surface area (Å²) in [6.07, 6.45) is 5.76. The van der Waals surface area contributed by atoms with Crippen LogP contribution in [0, 0.1) is 0 Å². The number of carbonyl (C=O) groups excluding carboxylic acids is 2. The molecule has 0 saturated heterocycles. The van der Waals surface area contributed by atoms with Crippen LogP contribution in [0.15, 0.2) is 54.6 Å². The zero-order valence-electron chi connectivity index (χ0n) is 21.6. The molecule has 1 N–H and O–H groups in total. The Hall–Kier alpha value is -3.51. The van der Waals surface area contributed by atoms with Gasteiger partial charge in [0.15, 0.2) is 0 Å². The summed E-state index contributed by atoms with van der Waals surface area (Å²) in [6.45, 7) is 5.82. The number of anilines is 1. The molecule has 0 bridgehead atoms. The molecule has 0 atom stereocenters. The van der Waals surface area contributed by atoms with Crippen molar-refractivity contribution in [1.82, 2.24) is 4.98 Å². The zero-order chi connectivity index (χ0) is 25.9. The molecule has 37 heavy (non-hydrogen) atoms. The van der Waals surface area contributed by atoms with Crippen LogP contribution in [0.25, 0.3) is 22.2 Å². The number of rotatable bonds is 6. The molecule has 0 unspecified atom stereocenters. The molecule has 0 aliphatic heterocycles. The minimum atomic E-state index is -0.360. The number of esters is 1. The first-order chi connectivity index (χ1) is 17.9. The van der Waals surface area contributed by atoms with E-state index in [1.807, 2.05) is 56.3 Å². The largest absolute Gasteiger partial charge is 0.459 e. The number of pyridine rings is 1. The number of aromatic nitrogens is 1. The lowest BCUT2D eigenvalue weighted by Gasteiger charge is -2.13. The summed E-state index contributed by atoms with van der Waals surface area (Å²) in [5, 5.41) is 4.46. The smallest absolute Gasteiger partial charge is 0.341 e. The quantitative estimate of drug-likeness (QED) is 0.213. The van der Waals surface area contributed by atoms with Gasteiger partial charge >= 0.3 is 5.97 Å². The van der Waals surface area contributed by atoms with Gasteiger partial charge in [-0.1, -0.05) is 55.8 Å². The summed E-state index contributed by atoms with van der Waals surface area (Å²) < 4.78 is 5.60. The number of benzene rings is 2. The van der Waals surface area contributed by atoms with Crippen molar-refractivity contribution in [2.24, 2.45) is 0 Å².